The first kappa shape index (κ1) is 22.2. The molecule has 7 heteroatoms. The largest absolute Gasteiger partial charge is 0.491 e. The van der Waals surface area contributed by atoms with E-state index in [2.05, 4.69) is 4.98 Å². The molecule has 0 aliphatic carbocycles. The SMILES string of the molecule is Cc1ccc(OC(C)(C(=O)O)c2ccccc2OCCN(C)c2nc3ccccc3o2)cc1. The third-order valence-electron chi connectivity index (χ3n) is 5.45. The molecule has 1 atom stereocenters. The molecule has 1 aromatic heterocycles. The minimum Gasteiger partial charge on any atom is -0.491 e. The average molecular weight is 447 g/mol. The van der Waals surface area contributed by atoms with Crippen molar-refractivity contribution in [2.75, 3.05) is 25.1 Å². The van der Waals surface area contributed by atoms with Crippen LogP contribution in [-0.4, -0.2) is 36.3 Å². The van der Waals surface area contributed by atoms with E-state index >= 15 is 0 Å². The van der Waals surface area contributed by atoms with E-state index in [9.17, 15) is 9.90 Å². The van der Waals surface area contributed by atoms with Gasteiger partial charge in [-0.3, -0.25) is 0 Å². The molecule has 1 unspecified atom stereocenters. The van der Waals surface area contributed by atoms with Crippen molar-refractivity contribution in [3.8, 4) is 11.5 Å². The van der Waals surface area contributed by atoms with Crippen LogP contribution in [0.1, 0.15) is 18.1 Å². The zero-order valence-corrected chi connectivity index (χ0v) is 18.8. The van der Waals surface area contributed by atoms with Crippen molar-refractivity contribution in [3.05, 3.63) is 83.9 Å². The van der Waals surface area contributed by atoms with Crippen LogP contribution in [0.5, 0.6) is 11.5 Å². The van der Waals surface area contributed by atoms with E-state index in [4.69, 9.17) is 13.9 Å². The molecule has 3 aromatic carbocycles. The first-order valence-electron chi connectivity index (χ1n) is 10.6. The Kier molecular flexibility index (Phi) is 6.22. The number of nitrogens with zero attached hydrogens (tertiary/aromatic N) is 2. The summed E-state index contributed by atoms with van der Waals surface area (Å²) in [5.74, 6) is -0.195. The quantitative estimate of drug-likeness (QED) is 0.386. The lowest BCUT2D eigenvalue weighted by atomic mass is 9.94. The second kappa shape index (κ2) is 9.24. The number of rotatable bonds is 9. The van der Waals surface area contributed by atoms with Crippen LogP contribution in [0.15, 0.2) is 77.2 Å². The topological polar surface area (TPSA) is 85.0 Å². The summed E-state index contributed by atoms with van der Waals surface area (Å²) in [4.78, 5) is 18.6. The van der Waals surface area contributed by atoms with Crippen molar-refractivity contribution < 1.29 is 23.8 Å². The number of benzene rings is 3. The standard InChI is InChI=1S/C26H26N2O5/c1-18-12-14-19(15-13-18)33-26(2,24(29)30)20-8-4-6-10-22(20)31-17-16-28(3)25-27-21-9-5-7-11-23(21)32-25/h4-15H,16-17H2,1-3H3,(H,29,30). The number of carbonyl (C=O) groups is 1. The van der Waals surface area contributed by atoms with Gasteiger partial charge in [-0.2, -0.15) is 4.98 Å². The molecule has 0 saturated heterocycles. The maximum absolute atomic E-state index is 12.3. The first-order chi connectivity index (χ1) is 15.9. The summed E-state index contributed by atoms with van der Waals surface area (Å²) in [7, 11) is 1.86. The Morgan fingerprint density at radius 2 is 1.76 bits per heavy atom. The number of carboxylic acid groups (broad SMARTS) is 1. The molecule has 1 heterocycles. The predicted molar refractivity (Wildman–Crippen MR) is 126 cm³/mol. The fourth-order valence-electron chi connectivity index (χ4n) is 3.45. The number of carboxylic acids is 1. The number of para-hydroxylation sites is 3. The first-order valence-corrected chi connectivity index (χ1v) is 10.6. The molecule has 0 aliphatic rings. The van der Waals surface area contributed by atoms with Crippen LogP contribution in [-0.2, 0) is 10.4 Å². The number of likely N-dealkylation sites (N-methyl/N-ethyl adjacent to an activating group) is 1. The van der Waals surface area contributed by atoms with Crippen LogP contribution in [0.2, 0.25) is 0 Å². The highest BCUT2D eigenvalue weighted by molar-refractivity contribution is 5.80. The fraction of sp³-hybridized carbons (Fsp3) is 0.231. The molecule has 170 valence electrons. The monoisotopic (exact) mass is 446 g/mol. The molecule has 0 amide bonds. The van der Waals surface area contributed by atoms with Crippen LogP contribution >= 0.6 is 0 Å². The number of anilines is 1. The van der Waals surface area contributed by atoms with Gasteiger partial charge in [0.25, 0.3) is 6.01 Å². The summed E-state index contributed by atoms with van der Waals surface area (Å²) < 4.78 is 17.7. The lowest BCUT2D eigenvalue weighted by Gasteiger charge is -2.28. The number of ether oxygens (including phenoxy) is 2. The van der Waals surface area contributed by atoms with E-state index < -0.39 is 11.6 Å². The molecule has 4 rings (SSSR count). The third kappa shape index (κ3) is 4.77. The predicted octanol–water partition coefficient (Wildman–Crippen LogP) is 5.03. The maximum atomic E-state index is 12.3. The molecule has 4 aromatic rings. The Labute approximate surface area is 192 Å². The normalized spacial score (nSPS) is 12.8. The summed E-state index contributed by atoms with van der Waals surface area (Å²) in [6.45, 7) is 4.28. The van der Waals surface area contributed by atoms with Gasteiger partial charge in [-0.05, 0) is 44.2 Å². The molecule has 0 bridgehead atoms. The van der Waals surface area contributed by atoms with Gasteiger partial charge in [0.05, 0.1) is 6.54 Å². The van der Waals surface area contributed by atoms with Crippen molar-refractivity contribution in [3.63, 3.8) is 0 Å². The smallest absolute Gasteiger partial charge is 0.352 e. The number of oxazole rings is 1. The van der Waals surface area contributed by atoms with Gasteiger partial charge in [0.15, 0.2) is 5.58 Å². The van der Waals surface area contributed by atoms with Crippen LogP contribution in [0, 0.1) is 6.92 Å². The van der Waals surface area contributed by atoms with Crippen molar-refractivity contribution in [1.82, 2.24) is 4.98 Å². The Morgan fingerprint density at radius 1 is 1.06 bits per heavy atom. The lowest BCUT2D eigenvalue weighted by Crippen LogP contribution is -2.39. The number of fused-ring (bicyclic) bond motifs is 1. The van der Waals surface area contributed by atoms with Crippen LogP contribution in [0.4, 0.5) is 6.01 Å². The number of aliphatic carboxylic acids is 1. The molecule has 0 radical (unpaired) electrons. The van der Waals surface area contributed by atoms with Gasteiger partial charge in [-0.1, -0.05) is 48.0 Å². The molecule has 0 saturated carbocycles. The summed E-state index contributed by atoms with van der Waals surface area (Å²) in [5, 5.41) is 10.0. The minimum atomic E-state index is -1.63. The van der Waals surface area contributed by atoms with Crippen LogP contribution in [0.3, 0.4) is 0 Å². The number of aryl methyl sites for hydroxylation is 1. The van der Waals surface area contributed by atoms with Gasteiger partial charge in [0.1, 0.15) is 23.6 Å². The third-order valence-corrected chi connectivity index (χ3v) is 5.45. The Hall–Kier alpha value is -4.00. The van der Waals surface area contributed by atoms with E-state index in [-0.39, 0.29) is 0 Å². The molecular formula is C26H26N2O5. The molecule has 0 spiro atoms. The second-order valence-corrected chi connectivity index (χ2v) is 7.98. The highest BCUT2D eigenvalue weighted by atomic mass is 16.5. The van der Waals surface area contributed by atoms with E-state index in [1.54, 1.807) is 36.4 Å². The van der Waals surface area contributed by atoms with E-state index in [1.807, 2.05) is 55.3 Å². The summed E-state index contributed by atoms with van der Waals surface area (Å²) >= 11 is 0. The molecule has 33 heavy (non-hydrogen) atoms. The molecule has 0 fully saturated rings. The van der Waals surface area contributed by atoms with Gasteiger partial charge in [0, 0.05) is 12.6 Å². The van der Waals surface area contributed by atoms with Gasteiger partial charge in [-0.15, -0.1) is 0 Å². The Balaban J connectivity index is 1.49. The number of hydrogen-bond acceptors (Lipinski definition) is 6. The molecule has 0 aliphatic heterocycles. The van der Waals surface area contributed by atoms with Crippen LogP contribution < -0.4 is 14.4 Å². The molecule has 1 N–H and O–H groups in total. The summed E-state index contributed by atoms with van der Waals surface area (Å²) in [6, 6.07) is 22.4. The highest BCUT2D eigenvalue weighted by Gasteiger charge is 2.40. The van der Waals surface area contributed by atoms with Crippen molar-refractivity contribution in [2.24, 2.45) is 0 Å². The van der Waals surface area contributed by atoms with Crippen molar-refractivity contribution in [2.45, 2.75) is 19.4 Å². The summed E-state index contributed by atoms with van der Waals surface area (Å²) in [5.41, 5.74) is 1.37. The average Bonchev–Trinajstić information content (AvgIpc) is 3.25. The zero-order valence-electron chi connectivity index (χ0n) is 18.8. The van der Waals surface area contributed by atoms with E-state index in [1.165, 1.54) is 6.92 Å². The van der Waals surface area contributed by atoms with Crippen molar-refractivity contribution >= 4 is 23.1 Å². The number of aromatic nitrogens is 1. The van der Waals surface area contributed by atoms with Gasteiger partial charge in [0.2, 0.25) is 5.60 Å². The maximum Gasteiger partial charge on any atom is 0.352 e. The van der Waals surface area contributed by atoms with Gasteiger partial charge in [-0.25, -0.2) is 4.79 Å². The molecule has 7 nitrogen and oxygen atoms in total. The molecular weight excluding hydrogens is 420 g/mol. The van der Waals surface area contributed by atoms with E-state index in [0.717, 1.165) is 16.7 Å². The Bertz CT molecular complexity index is 1220. The highest BCUT2D eigenvalue weighted by Crippen LogP contribution is 2.35. The van der Waals surface area contributed by atoms with Gasteiger partial charge < -0.3 is 23.9 Å². The second-order valence-electron chi connectivity index (χ2n) is 7.98. The fourth-order valence-corrected chi connectivity index (χ4v) is 3.45. The lowest BCUT2D eigenvalue weighted by molar-refractivity contribution is -0.154. The summed E-state index contributed by atoms with van der Waals surface area (Å²) in [6.07, 6.45) is 0. The van der Waals surface area contributed by atoms with Crippen LogP contribution in [0.25, 0.3) is 11.1 Å². The van der Waals surface area contributed by atoms with Gasteiger partial charge >= 0.3 is 5.97 Å². The zero-order chi connectivity index (χ0) is 23.4. The Morgan fingerprint density at radius 3 is 2.48 bits per heavy atom. The van der Waals surface area contributed by atoms with Crippen molar-refractivity contribution in [1.29, 1.82) is 0 Å². The minimum absolute atomic E-state index is 0.298. The van der Waals surface area contributed by atoms with E-state index in [0.29, 0.717) is 36.2 Å². The number of hydrogen-bond donors (Lipinski definition) is 1.